The molecule has 0 N–H and O–H groups in total. The van der Waals surface area contributed by atoms with Crippen molar-refractivity contribution < 1.29 is 9.47 Å². The molecule has 0 aliphatic rings. The molecule has 0 aliphatic heterocycles. The van der Waals surface area contributed by atoms with Gasteiger partial charge in [-0.3, -0.25) is 0 Å². The summed E-state index contributed by atoms with van der Waals surface area (Å²) >= 11 is 0. The van der Waals surface area contributed by atoms with Crippen LogP contribution in [0.4, 0.5) is 0 Å². The van der Waals surface area contributed by atoms with E-state index >= 15 is 0 Å². The van der Waals surface area contributed by atoms with E-state index in [1.807, 2.05) is 32.9 Å². The Hall–Kier alpha value is -0.920. The Morgan fingerprint density at radius 3 is 1.70 bits per heavy atom. The first-order chi connectivity index (χ1) is 4.81. The molecule has 0 saturated carbocycles. The predicted octanol–water partition coefficient (Wildman–Crippen LogP) is 2.43. The minimum atomic E-state index is -0.201. The minimum absolute atomic E-state index is 0.201. The molecule has 0 unspecified atom stereocenters. The van der Waals surface area contributed by atoms with Crippen molar-refractivity contribution in [3.63, 3.8) is 0 Å². The molecule has 58 valence electrons. The van der Waals surface area contributed by atoms with Gasteiger partial charge in [-0.05, 0) is 13.8 Å². The van der Waals surface area contributed by atoms with Crippen molar-refractivity contribution in [2.24, 2.45) is 0 Å². The van der Waals surface area contributed by atoms with Crippen LogP contribution < -0.4 is 0 Å². The van der Waals surface area contributed by atoms with Crippen LogP contribution in [0.25, 0.3) is 0 Å². The average Bonchev–Trinajstić information content (AvgIpc) is 1.97. The highest BCUT2D eigenvalue weighted by atomic mass is 16.7. The molecule has 0 radical (unpaired) electrons. The van der Waals surface area contributed by atoms with Crippen LogP contribution in [0.5, 0.6) is 0 Å². The van der Waals surface area contributed by atoms with Crippen LogP contribution in [-0.4, -0.2) is 6.29 Å². The van der Waals surface area contributed by atoms with Crippen LogP contribution in [0.1, 0.15) is 20.8 Å². The molecular weight excluding hydrogens is 128 g/mol. The van der Waals surface area contributed by atoms with Crippen molar-refractivity contribution in [1.29, 1.82) is 0 Å². The van der Waals surface area contributed by atoms with Crippen molar-refractivity contribution in [3.05, 3.63) is 24.7 Å². The highest BCUT2D eigenvalue weighted by Gasteiger charge is 1.93. The Kier molecular flexibility index (Phi) is 5.63. The summed E-state index contributed by atoms with van der Waals surface area (Å²) < 4.78 is 10.1. The van der Waals surface area contributed by atoms with Crippen LogP contribution in [0.2, 0.25) is 0 Å². The zero-order chi connectivity index (χ0) is 7.82. The van der Waals surface area contributed by atoms with Crippen molar-refractivity contribution in [2.75, 3.05) is 0 Å². The Morgan fingerprint density at radius 1 is 1.00 bits per heavy atom. The lowest BCUT2D eigenvalue weighted by Crippen LogP contribution is -2.04. The van der Waals surface area contributed by atoms with Gasteiger partial charge >= 0.3 is 0 Å². The Bertz CT molecular complexity index is 102. The van der Waals surface area contributed by atoms with E-state index in [1.165, 1.54) is 0 Å². The van der Waals surface area contributed by atoms with E-state index in [2.05, 4.69) is 0 Å². The van der Waals surface area contributed by atoms with E-state index in [0.717, 1.165) is 0 Å². The smallest absolute Gasteiger partial charge is 0.236 e. The van der Waals surface area contributed by atoms with Crippen LogP contribution in [0, 0.1) is 0 Å². The number of hydrogen-bond donors (Lipinski definition) is 0. The SMILES string of the molecule is C/C=C\OC(C)O/C=C\C. The largest absolute Gasteiger partial charge is 0.463 e. The van der Waals surface area contributed by atoms with E-state index in [0.29, 0.717) is 0 Å². The molecule has 0 fully saturated rings. The van der Waals surface area contributed by atoms with E-state index in [1.54, 1.807) is 12.5 Å². The highest BCUT2D eigenvalue weighted by Crippen LogP contribution is 1.94. The molecule has 0 aromatic heterocycles. The first kappa shape index (κ1) is 9.08. The third-order valence-corrected chi connectivity index (χ3v) is 0.813. The number of ether oxygens (including phenoxy) is 2. The van der Waals surface area contributed by atoms with Gasteiger partial charge in [0.15, 0.2) is 0 Å². The van der Waals surface area contributed by atoms with Crippen LogP contribution in [0.3, 0.4) is 0 Å². The summed E-state index contributed by atoms with van der Waals surface area (Å²) in [6.07, 6.45) is 6.64. The molecule has 0 rings (SSSR count). The monoisotopic (exact) mass is 142 g/mol. The van der Waals surface area contributed by atoms with Gasteiger partial charge in [-0.1, -0.05) is 12.2 Å². The molecule has 0 spiro atoms. The van der Waals surface area contributed by atoms with Crippen molar-refractivity contribution >= 4 is 0 Å². The van der Waals surface area contributed by atoms with E-state index in [9.17, 15) is 0 Å². The van der Waals surface area contributed by atoms with E-state index in [-0.39, 0.29) is 6.29 Å². The maximum Gasteiger partial charge on any atom is 0.236 e. The first-order valence-corrected chi connectivity index (χ1v) is 3.34. The lowest BCUT2D eigenvalue weighted by atomic mass is 10.7. The zero-order valence-electron chi connectivity index (χ0n) is 6.70. The molecule has 0 aromatic carbocycles. The fourth-order valence-electron chi connectivity index (χ4n) is 0.410. The third kappa shape index (κ3) is 5.22. The van der Waals surface area contributed by atoms with Gasteiger partial charge in [0, 0.05) is 6.92 Å². The Morgan fingerprint density at radius 2 is 1.40 bits per heavy atom. The molecule has 0 heterocycles. The molecule has 0 amide bonds. The predicted molar refractivity (Wildman–Crippen MR) is 41.3 cm³/mol. The fourth-order valence-corrected chi connectivity index (χ4v) is 0.410. The Balaban J connectivity index is 3.33. The summed E-state index contributed by atoms with van der Waals surface area (Å²) in [5.74, 6) is 0. The maximum atomic E-state index is 5.04. The molecular formula is C8H14O2. The lowest BCUT2D eigenvalue weighted by Gasteiger charge is -2.09. The lowest BCUT2D eigenvalue weighted by molar-refractivity contribution is -0.0461. The summed E-state index contributed by atoms with van der Waals surface area (Å²) in [7, 11) is 0. The van der Waals surface area contributed by atoms with Gasteiger partial charge in [0.2, 0.25) is 6.29 Å². The van der Waals surface area contributed by atoms with Crippen LogP contribution in [-0.2, 0) is 9.47 Å². The zero-order valence-corrected chi connectivity index (χ0v) is 6.70. The maximum absolute atomic E-state index is 5.04. The van der Waals surface area contributed by atoms with Gasteiger partial charge in [0.1, 0.15) is 0 Å². The molecule has 10 heavy (non-hydrogen) atoms. The molecule has 0 aliphatic carbocycles. The van der Waals surface area contributed by atoms with Crippen LogP contribution >= 0.6 is 0 Å². The topological polar surface area (TPSA) is 18.5 Å². The van der Waals surface area contributed by atoms with Crippen molar-refractivity contribution in [3.8, 4) is 0 Å². The molecule has 0 aromatic rings. The summed E-state index contributed by atoms with van der Waals surface area (Å²) in [5, 5.41) is 0. The standard InChI is InChI=1S/C8H14O2/c1-4-6-9-8(3)10-7-5-2/h4-8H,1-3H3/b6-4-,7-5-. The summed E-state index contributed by atoms with van der Waals surface area (Å²) in [6.45, 7) is 5.62. The highest BCUT2D eigenvalue weighted by molar-refractivity contribution is 4.68. The van der Waals surface area contributed by atoms with Gasteiger partial charge in [-0.25, -0.2) is 0 Å². The molecule has 0 bridgehead atoms. The second-order valence-electron chi connectivity index (χ2n) is 1.78. The van der Waals surface area contributed by atoms with Gasteiger partial charge in [-0.15, -0.1) is 0 Å². The van der Waals surface area contributed by atoms with E-state index in [4.69, 9.17) is 9.47 Å². The van der Waals surface area contributed by atoms with Gasteiger partial charge in [0.05, 0.1) is 12.5 Å². The normalized spacial score (nSPS) is 11.6. The number of rotatable bonds is 4. The second kappa shape index (κ2) is 6.20. The third-order valence-electron chi connectivity index (χ3n) is 0.813. The van der Waals surface area contributed by atoms with Gasteiger partial charge in [0.25, 0.3) is 0 Å². The fraction of sp³-hybridized carbons (Fsp3) is 0.500. The molecule has 0 saturated heterocycles. The van der Waals surface area contributed by atoms with Gasteiger partial charge in [-0.2, -0.15) is 0 Å². The number of hydrogen-bond acceptors (Lipinski definition) is 2. The Labute approximate surface area is 62.1 Å². The molecule has 2 heteroatoms. The summed E-state index contributed by atoms with van der Waals surface area (Å²) in [6, 6.07) is 0. The first-order valence-electron chi connectivity index (χ1n) is 3.34. The van der Waals surface area contributed by atoms with Crippen molar-refractivity contribution in [1.82, 2.24) is 0 Å². The summed E-state index contributed by atoms with van der Waals surface area (Å²) in [4.78, 5) is 0. The summed E-state index contributed by atoms with van der Waals surface area (Å²) in [5.41, 5.74) is 0. The number of allylic oxidation sites excluding steroid dienone is 2. The van der Waals surface area contributed by atoms with Crippen molar-refractivity contribution in [2.45, 2.75) is 27.1 Å². The van der Waals surface area contributed by atoms with E-state index < -0.39 is 0 Å². The molecule has 2 nitrogen and oxygen atoms in total. The minimum Gasteiger partial charge on any atom is -0.463 e. The second-order valence-corrected chi connectivity index (χ2v) is 1.78. The van der Waals surface area contributed by atoms with Gasteiger partial charge < -0.3 is 9.47 Å². The molecule has 0 atom stereocenters. The quantitative estimate of drug-likeness (QED) is 0.443. The van der Waals surface area contributed by atoms with Crippen LogP contribution in [0.15, 0.2) is 24.7 Å². The average molecular weight is 142 g/mol.